The van der Waals surface area contributed by atoms with Gasteiger partial charge in [-0.25, -0.2) is 9.59 Å². The number of carbonyl (C=O) groups is 2. The number of rotatable bonds is 0. The van der Waals surface area contributed by atoms with Crippen molar-refractivity contribution in [1.29, 1.82) is 0 Å². The molecule has 3 heterocycles. The van der Waals surface area contributed by atoms with Gasteiger partial charge in [-0.05, 0) is 64.2 Å². The number of likely N-dealkylation sites (tertiary alicyclic amines) is 1. The van der Waals surface area contributed by atoms with Gasteiger partial charge in [-0.3, -0.25) is 4.90 Å². The van der Waals surface area contributed by atoms with E-state index in [-0.39, 0.29) is 18.0 Å². The summed E-state index contributed by atoms with van der Waals surface area (Å²) >= 11 is 0. The van der Waals surface area contributed by atoms with Gasteiger partial charge in [-0.1, -0.05) is 30.7 Å². The van der Waals surface area contributed by atoms with Gasteiger partial charge >= 0.3 is 12.1 Å². The molecule has 162 valence electrons. The van der Waals surface area contributed by atoms with Crippen LogP contribution in [0.5, 0.6) is 0 Å². The van der Waals surface area contributed by atoms with Crippen molar-refractivity contribution < 1.29 is 14.3 Å². The first kappa shape index (κ1) is 20.8. The molecule has 3 amide bonds. The van der Waals surface area contributed by atoms with Crippen LogP contribution in [0, 0.1) is 13.8 Å². The Labute approximate surface area is 179 Å². The standard InChI is InChI=1S/C24H33N3O3/c1-15-11-16(2)20-17(3)13-19-24(25-21(28)27(19)14-18(20)12-15)7-9-26(10-8-24)22(29)30-23(4,5)6/h11-13,17H,7-10,14H2,1-6H3,(H,25,28). The van der Waals surface area contributed by atoms with E-state index in [4.69, 9.17) is 4.74 Å². The molecule has 1 atom stereocenters. The second kappa shape index (κ2) is 7.03. The predicted molar refractivity (Wildman–Crippen MR) is 116 cm³/mol. The quantitative estimate of drug-likeness (QED) is 0.679. The molecule has 3 aliphatic heterocycles. The highest BCUT2D eigenvalue weighted by Gasteiger charge is 2.50. The third-order valence-electron chi connectivity index (χ3n) is 6.45. The summed E-state index contributed by atoms with van der Waals surface area (Å²) in [5.74, 6) is 0.231. The Morgan fingerprint density at radius 1 is 1.20 bits per heavy atom. The molecule has 4 rings (SSSR count). The van der Waals surface area contributed by atoms with E-state index in [0.29, 0.717) is 32.5 Å². The topological polar surface area (TPSA) is 61.9 Å². The number of benzene rings is 1. The van der Waals surface area contributed by atoms with E-state index in [9.17, 15) is 9.59 Å². The summed E-state index contributed by atoms with van der Waals surface area (Å²) in [5, 5.41) is 3.27. The van der Waals surface area contributed by atoms with Gasteiger partial charge in [-0.15, -0.1) is 0 Å². The Kier molecular flexibility index (Phi) is 4.87. The first-order valence-electron chi connectivity index (χ1n) is 10.9. The van der Waals surface area contributed by atoms with E-state index in [1.807, 2.05) is 25.7 Å². The highest BCUT2D eigenvalue weighted by Crippen LogP contribution is 2.43. The summed E-state index contributed by atoms with van der Waals surface area (Å²) in [6.45, 7) is 13.8. The van der Waals surface area contributed by atoms with Gasteiger partial charge in [0, 0.05) is 24.7 Å². The number of hydrogen-bond donors (Lipinski definition) is 1. The molecule has 0 aliphatic carbocycles. The SMILES string of the molecule is Cc1cc(C)c2c(c1)CN1C(=O)NC3(CCN(C(=O)OC(C)(C)C)CC3)C1=CC2C. The van der Waals surface area contributed by atoms with Gasteiger partial charge in [0.15, 0.2) is 0 Å². The smallest absolute Gasteiger partial charge is 0.410 e. The summed E-state index contributed by atoms with van der Waals surface area (Å²) < 4.78 is 5.53. The van der Waals surface area contributed by atoms with Gasteiger partial charge in [0.1, 0.15) is 5.60 Å². The molecule has 2 fully saturated rings. The maximum atomic E-state index is 13.0. The molecule has 30 heavy (non-hydrogen) atoms. The second-order valence-electron chi connectivity index (χ2n) is 10.1. The molecule has 6 heteroatoms. The molecule has 0 saturated carbocycles. The largest absolute Gasteiger partial charge is 0.444 e. The second-order valence-corrected chi connectivity index (χ2v) is 10.1. The lowest BCUT2D eigenvalue weighted by molar-refractivity contribution is 0.0174. The van der Waals surface area contributed by atoms with Crippen LogP contribution in [0.4, 0.5) is 9.59 Å². The van der Waals surface area contributed by atoms with Crippen LogP contribution in [-0.4, -0.2) is 46.2 Å². The van der Waals surface area contributed by atoms with Crippen molar-refractivity contribution in [3.8, 4) is 0 Å². The summed E-state index contributed by atoms with van der Waals surface area (Å²) in [5.41, 5.74) is 5.21. The Hall–Kier alpha value is -2.50. The van der Waals surface area contributed by atoms with Gasteiger partial charge in [0.25, 0.3) is 0 Å². The Morgan fingerprint density at radius 3 is 2.50 bits per heavy atom. The Morgan fingerprint density at radius 2 is 1.87 bits per heavy atom. The normalized spacial score (nSPS) is 22.8. The molecule has 6 nitrogen and oxygen atoms in total. The van der Waals surface area contributed by atoms with E-state index in [0.717, 1.165) is 5.70 Å². The molecule has 1 aromatic rings. The molecule has 1 spiro atoms. The Bertz CT molecular complexity index is 920. The van der Waals surface area contributed by atoms with E-state index >= 15 is 0 Å². The number of ether oxygens (including phenoxy) is 1. The van der Waals surface area contributed by atoms with Crippen molar-refractivity contribution in [3.05, 3.63) is 46.2 Å². The maximum absolute atomic E-state index is 13.0. The number of aryl methyl sites for hydroxylation is 2. The minimum Gasteiger partial charge on any atom is -0.444 e. The number of amides is 3. The van der Waals surface area contributed by atoms with Crippen LogP contribution >= 0.6 is 0 Å². The minimum absolute atomic E-state index is 0.0359. The number of allylic oxidation sites excluding steroid dienone is 1. The van der Waals surface area contributed by atoms with Crippen LogP contribution in [-0.2, 0) is 11.3 Å². The number of urea groups is 1. The van der Waals surface area contributed by atoms with E-state index in [2.05, 4.69) is 44.3 Å². The molecular weight excluding hydrogens is 378 g/mol. The monoisotopic (exact) mass is 411 g/mol. The summed E-state index contributed by atoms with van der Waals surface area (Å²) in [7, 11) is 0. The van der Waals surface area contributed by atoms with E-state index in [1.54, 1.807) is 4.90 Å². The molecule has 1 N–H and O–H groups in total. The zero-order valence-corrected chi connectivity index (χ0v) is 19.0. The van der Waals surface area contributed by atoms with Crippen molar-refractivity contribution >= 4 is 12.1 Å². The summed E-state index contributed by atoms with van der Waals surface area (Å²) in [6.07, 6.45) is 3.37. The highest BCUT2D eigenvalue weighted by molar-refractivity contribution is 5.83. The van der Waals surface area contributed by atoms with Crippen LogP contribution in [0.3, 0.4) is 0 Å². The van der Waals surface area contributed by atoms with Crippen LogP contribution in [0.15, 0.2) is 23.9 Å². The molecule has 0 bridgehead atoms. The summed E-state index contributed by atoms with van der Waals surface area (Å²) in [4.78, 5) is 29.1. The zero-order valence-electron chi connectivity index (χ0n) is 19.0. The average Bonchev–Trinajstić information content (AvgIpc) is 2.76. The van der Waals surface area contributed by atoms with Gasteiger partial charge in [0.2, 0.25) is 0 Å². The van der Waals surface area contributed by atoms with Crippen molar-refractivity contribution in [2.45, 2.75) is 78.0 Å². The Balaban J connectivity index is 1.60. The fraction of sp³-hybridized carbons (Fsp3) is 0.583. The van der Waals surface area contributed by atoms with Gasteiger partial charge < -0.3 is 15.0 Å². The molecule has 2 saturated heterocycles. The predicted octanol–water partition coefficient (Wildman–Crippen LogP) is 4.60. The lowest BCUT2D eigenvalue weighted by atomic mass is 9.83. The van der Waals surface area contributed by atoms with Crippen LogP contribution < -0.4 is 5.32 Å². The molecule has 3 aliphatic rings. The van der Waals surface area contributed by atoms with Crippen LogP contribution in [0.1, 0.15) is 68.7 Å². The van der Waals surface area contributed by atoms with E-state index < -0.39 is 11.1 Å². The first-order chi connectivity index (χ1) is 14.0. The van der Waals surface area contributed by atoms with Gasteiger partial charge in [0.05, 0.1) is 12.1 Å². The molecule has 1 unspecified atom stereocenters. The van der Waals surface area contributed by atoms with Crippen molar-refractivity contribution in [2.24, 2.45) is 0 Å². The van der Waals surface area contributed by atoms with Crippen molar-refractivity contribution in [3.63, 3.8) is 0 Å². The highest BCUT2D eigenvalue weighted by atomic mass is 16.6. The van der Waals surface area contributed by atoms with Crippen LogP contribution in [0.2, 0.25) is 0 Å². The van der Waals surface area contributed by atoms with Crippen molar-refractivity contribution in [2.75, 3.05) is 13.1 Å². The lowest BCUT2D eigenvalue weighted by Crippen LogP contribution is -2.53. The number of hydrogen-bond acceptors (Lipinski definition) is 3. The third-order valence-corrected chi connectivity index (χ3v) is 6.45. The fourth-order valence-electron chi connectivity index (χ4n) is 5.23. The number of fused-ring (bicyclic) bond motifs is 3. The number of carbonyl (C=O) groups excluding carboxylic acids is 2. The summed E-state index contributed by atoms with van der Waals surface area (Å²) in [6, 6.07) is 4.39. The third kappa shape index (κ3) is 3.57. The lowest BCUT2D eigenvalue weighted by Gasteiger charge is -2.40. The minimum atomic E-state index is -0.508. The number of nitrogens with one attached hydrogen (secondary N) is 1. The first-order valence-corrected chi connectivity index (χ1v) is 10.9. The number of piperidine rings is 1. The van der Waals surface area contributed by atoms with Gasteiger partial charge in [-0.2, -0.15) is 0 Å². The zero-order chi connectivity index (χ0) is 21.8. The average molecular weight is 412 g/mol. The molecule has 1 aromatic carbocycles. The molecule has 0 aromatic heterocycles. The fourth-order valence-corrected chi connectivity index (χ4v) is 5.23. The maximum Gasteiger partial charge on any atom is 0.410 e. The van der Waals surface area contributed by atoms with Crippen LogP contribution in [0.25, 0.3) is 0 Å². The molecular formula is C24H33N3O3. The van der Waals surface area contributed by atoms with Crippen molar-refractivity contribution in [1.82, 2.24) is 15.1 Å². The van der Waals surface area contributed by atoms with E-state index in [1.165, 1.54) is 22.3 Å². The number of nitrogens with zero attached hydrogens (tertiary/aromatic N) is 2. The molecule has 0 radical (unpaired) electrons.